The van der Waals surface area contributed by atoms with Crippen LogP contribution in [0.2, 0.25) is 0 Å². The molecule has 138 valence electrons. The summed E-state index contributed by atoms with van der Waals surface area (Å²) in [5.41, 5.74) is 1.03. The molecule has 0 spiro atoms. The molecule has 0 saturated heterocycles. The first kappa shape index (κ1) is 18.1. The highest BCUT2D eigenvalue weighted by Gasteiger charge is 2.19. The van der Waals surface area contributed by atoms with Crippen molar-refractivity contribution in [2.24, 2.45) is 5.92 Å². The van der Waals surface area contributed by atoms with Crippen LogP contribution < -0.4 is 10.6 Å². The van der Waals surface area contributed by atoms with Crippen molar-refractivity contribution in [2.75, 3.05) is 5.32 Å². The molecule has 0 bridgehead atoms. The smallest absolute Gasteiger partial charge is 0.271 e. The highest BCUT2D eigenvalue weighted by molar-refractivity contribution is 5.92. The average Bonchev–Trinajstić information content (AvgIpc) is 3.26. The number of pyridine rings is 1. The van der Waals surface area contributed by atoms with E-state index in [9.17, 15) is 9.59 Å². The number of amides is 2. The van der Waals surface area contributed by atoms with Crippen LogP contribution in [0.5, 0.6) is 0 Å². The molecule has 2 amide bonds. The standard InChI is InChI=1S/C19H25N5O2/c1-13(2)9-18(25)22-15-7-8-17(20-10-15)24-11-16(21-12-24)19(26)23-14-5-3-4-6-14/h7-8,10-14H,3-6,9H2,1-2H3,(H,22,25)(H,23,26). The lowest BCUT2D eigenvalue weighted by Gasteiger charge is -2.10. The van der Waals surface area contributed by atoms with E-state index in [0.29, 0.717) is 29.5 Å². The van der Waals surface area contributed by atoms with Gasteiger partial charge in [0, 0.05) is 18.7 Å². The van der Waals surface area contributed by atoms with Crippen LogP contribution in [0.25, 0.3) is 5.82 Å². The number of carbonyl (C=O) groups is 2. The van der Waals surface area contributed by atoms with Gasteiger partial charge in [0.1, 0.15) is 17.8 Å². The van der Waals surface area contributed by atoms with E-state index in [0.717, 1.165) is 12.8 Å². The fourth-order valence-corrected chi connectivity index (χ4v) is 3.09. The van der Waals surface area contributed by atoms with Gasteiger partial charge in [-0.2, -0.15) is 0 Å². The second-order valence-corrected chi connectivity index (χ2v) is 7.17. The van der Waals surface area contributed by atoms with E-state index in [1.807, 2.05) is 13.8 Å². The molecule has 1 fully saturated rings. The van der Waals surface area contributed by atoms with E-state index in [1.54, 1.807) is 35.4 Å². The molecule has 0 radical (unpaired) electrons. The van der Waals surface area contributed by atoms with Crippen molar-refractivity contribution < 1.29 is 9.59 Å². The van der Waals surface area contributed by atoms with Crippen LogP contribution in [0.3, 0.4) is 0 Å². The van der Waals surface area contributed by atoms with Crippen LogP contribution in [0, 0.1) is 5.92 Å². The van der Waals surface area contributed by atoms with E-state index in [2.05, 4.69) is 20.6 Å². The van der Waals surface area contributed by atoms with Crippen LogP contribution in [-0.2, 0) is 4.79 Å². The summed E-state index contributed by atoms with van der Waals surface area (Å²) in [6.07, 6.45) is 9.74. The molecule has 1 aliphatic rings. The van der Waals surface area contributed by atoms with Crippen LogP contribution >= 0.6 is 0 Å². The highest BCUT2D eigenvalue weighted by Crippen LogP contribution is 2.18. The van der Waals surface area contributed by atoms with Gasteiger partial charge in [-0.15, -0.1) is 0 Å². The molecule has 1 saturated carbocycles. The summed E-state index contributed by atoms with van der Waals surface area (Å²) in [6.45, 7) is 4.00. The molecule has 2 aromatic rings. The van der Waals surface area contributed by atoms with Gasteiger partial charge < -0.3 is 10.6 Å². The molecular weight excluding hydrogens is 330 g/mol. The first-order valence-corrected chi connectivity index (χ1v) is 9.12. The Morgan fingerprint density at radius 2 is 2.00 bits per heavy atom. The summed E-state index contributed by atoms with van der Waals surface area (Å²) in [5.74, 6) is 0.775. The topological polar surface area (TPSA) is 88.9 Å². The molecule has 3 rings (SSSR count). The average molecular weight is 355 g/mol. The SMILES string of the molecule is CC(C)CC(=O)Nc1ccc(-n2cnc(C(=O)NC3CCCC3)c2)nc1. The number of anilines is 1. The summed E-state index contributed by atoms with van der Waals surface area (Å²) < 4.78 is 1.70. The Balaban J connectivity index is 1.61. The van der Waals surface area contributed by atoms with Gasteiger partial charge in [0.05, 0.1) is 11.9 Å². The van der Waals surface area contributed by atoms with Gasteiger partial charge in [-0.3, -0.25) is 14.2 Å². The van der Waals surface area contributed by atoms with Gasteiger partial charge in [-0.05, 0) is 30.9 Å². The van der Waals surface area contributed by atoms with Crippen molar-refractivity contribution in [1.29, 1.82) is 0 Å². The van der Waals surface area contributed by atoms with Crippen LogP contribution in [0.4, 0.5) is 5.69 Å². The van der Waals surface area contributed by atoms with Crippen molar-refractivity contribution in [3.8, 4) is 5.82 Å². The molecule has 1 aliphatic carbocycles. The molecular formula is C19H25N5O2. The van der Waals surface area contributed by atoms with Crippen molar-refractivity contribution in [2.45, 2.75) is 52.0 Å². The number of nitrogens with zero attached hydrogens (tertiary/aromatic N) is 3. The Bertz CT molecular complexity index is 760. The van der Waals surface area contributed by atoms with Crippen LogP contribution in [0.1, 0.15) is 56.4 Å². The Hall–Kier alpha value is -2.70. The fraction of sp³-hybridized carbons (Fsp3) is 0.474. The zero-order valence-corrected chi connectivity index (χ0v) is 15.2. The number of nitrogens with one attached hydrogen (secondary N) is 2. The van der Waals surface area contributed by atoms with Gasteiger partial charge in [-0.1, -0.05) is 26.7 Å². The summed E-state index contributed by atoms with van der Waals surface area (Å²) in [6, 6.07) is 3.84. The summed E-state index contributed by atoms with van der Waals surface area (Å²) >= 11 is 0. The first-order valence-electron chi connectivity index (χ1n) is 9.12. The maximum absolute atomic E-state index is 12.3. The second kappa shape index (κ2) is 8.12. The lowest BCUT2D eigenvalue weighted by Crippen LogP contribution is -2.32. The number of carbonyl (C=O) groups excluding carboxylic acids is 2. The molecule has 0 aromatic carbocycles. The molecule has 7 heteroatoms. The number of hydrogen-bond donors (Lipinski definition) is 2. The van der Waals surface area contributed by atoms with E-state index in [-0.39, 0.29) is 17.9 Å². The molecule has 2 aromatic heterocycles. The van der Waals surface area contributed by atoms with E-state index in [1.165, 1.54) is 12.8 Å². The summed E-state index contributed by atoms with van der Waals surface area (Å²) in [4.78, 5) is 32.6. The Kier molecular flexibility index (Phi) is 5.65. The second-order valence-electron chi connectivity index (χ2n) is 7.17. The third-order valence-corrected chi connectivity index (χ3v) is 4.40. The number of imidazole rings is 1. The Morgan fingerprint density at radius 3 is 2.65 bits per heavy atom. The maximum atomic E-state index is 12.3. The minimum Gasteiger partial charge on any atom is -0.348 e. The third-order valence-electron chi connectivity index (χ3n) is 4.40. The molecule has 0 aliphatic heterocycles. The molecule has 26 heavy (non-hydrogen) atoms. The van der Waals surface area contributed by atoms with Crippen molar-refractivity contribution in [3.05, 3.63) is 36.5 Å². The molecule has 0 unspecified atom stereocenters. The van der Waals surface area contributed by atoms with E-state index < -0.39 is 0 Å². The van der Waals surface area contributed by atoms with Crippen LogP contribution in [-0.4, -0.2) is 32.4 Å². The first-order chi connectivity index (χ1) is 12.5. The highest BCUT2D eigenvalue weighted by atomic mass is 16.2. The quantitative estimate of drug-likeness (QED) is 0.834. The monoisotopic (exact) mass is 355 g/mol. The van der Waals surface area contributed by atoms with Gasteiger partial charge in [0.25, 0.3) is 5.91 Å². The molecule has 7 nitrogen and oxygen atoms in total. The fourth-order valence-electron chi connectivity index (χ4n) is 3.09. The normalized spacial score (nSPS) is 14.6. The third kappa shape index (κ3) is 4.68. The van der Waals surface area contributed by atoms with Crippen LogP contribution in [0.15, 0.2) is 30.9 Å². The number of rotatable bonds is 6. The van der Waals surface area contributed by atoms with Gasteiger partial charge in [0.15, 0.2) is 0 Å². The maximum Gasteiger partial charge on any atom is 0.271 e. The van der Waals surface area contributed by atoms with Crippen molar-refractivity contribution in [3.63, 3.8) is 0 Å². The minimum atomic E-state index is -0.145. The predicted octanol–water partition coefficient (Wildman–Crippen LogP) is 2.92. The van der Waals surface area contributed by atoms with Crippen molar-refractivity contribution in [1.82, 2.24) is 19.9 Å². The Labute approximate surface area is 153 Å². The molecule has 2 N–H and O–H groups in total. The number of aromatic nitrogens is 3. The lowest BCUT2D eigenvalue weighted by atomic mass is 10.1. The summed E-state index contributed by atoms with van der Waals surface area (Å²) in [7, 11) is 0. The largest absolute Gasteiger partial charge is 0.348 e. The molecule has 2 heterocycles. The van der Waals surface area contributed by atoms with E-state index >= 15 is 0 Å². The molecule has 0 atom stereocenters. The van der Waals surface area contributed by atoms with Gasteiger partial charge >= 0.3 is 0 Å². The van der Waals surface area contributed by atoms with Gasteiger partial charge in [-0.25, -0.2) is 9.97 Å². The predicted molar refractivity (Wildman–Crippen MR) is 99.2 cm³/mol. The van der Waals surface area contributed by atoms with Crippen molar-refractivity contribution >= 4 is 17.5 Å². The Morgan fingerprint density at radius 1 is 1.23 bits per heavy atom. The zero-order valence-electron chi connectivity index (χ0n) is 15.2. The summed E-state index contributed by atoms with van der Waals surface area (Å²) in [5, 5.41) is 5.85. The van der Waals surface area contributed by atoms with E-state index in [4.69, 9.17) is 0 Å². The zero-order chi connectivity index (χ0) is 18.5. The minimum absolute atomic E-state index is 0.0250. The number of hydrogen-bond acceptors (Lipinski definition) is 4. The lowest BCUT2D eigenvalue weighted by molar-refractivity contribution is -0.116. The van der Waals surface area contributed by atoms with Gasteiger partial charge in [0.2, 0.25) is 5.91 Å².